The van der Waals surface area contributed by atoms with Crippen molar-refractivity contribution in [3.05, 3.63) is 65.9 Å². The fourth-order valence-electron chi connectivity index (χ4n) is 4.25. The fraction of sp³-hybridized carbons (Fsp3) is 0.407. The topological polar surface area (TPSA) is 59.1 Å². The average molecular weight is 485 g/mol. The molecule has 1 fully saturated rings. The van der Waals surface area contributed by atoms with Crippen LogP contribution >= 0.6 is 0 Å². The minimum absolute atomic E-state index is 0.0685. The van der Waals surface area contributed by atoms with Crippen LogP contribution < -0.4 is 15.4 Å². The summed E-state index contributed by atoms with van der Waals surface area (Å²) < 4.78 is 46.5. The van der Waals surface area contributed by atoms with Crippen LogP contribution in [0.15, 0.2) is 54.7 Å². The third-order valence-electron chi connectivity index (χ3n) is 6.22. The predicted octanol–water partition coefficient (Wildman–Crippen LogP) is 8.21. The van der Waals surface area contributed by atoms with Gasteiger partial charge in [0.1, 0.15) is 17.1 Å². The molecule has 2 N–H and O–H groups in total. The molecule has 0 unspecified atom stereocenters. The maximum Gasteiger partial charge on any atom is 0.421 e. The molecular weight excluding hydrogens is 453 g/mol. The molecule has 3 aromatic rings. The average Bonchev–Trinajstić information content (AvgIpc) is 2.86. The van der Waals surface area contributed by atoms with Crippen molar-refractivity contribution in [3.8, 4) is 5.75 Å². The van der Waals surface area contributed by atoms with E-state index in [4.69, 9.17) is 4.74 Å². The zero-order chi connectivity index (χ0) is 24.7. The number of nitrogens with zero attached hydrogens (tertiary/aromatic N) is 2. The van der Waals surface area contributed by atoms with Crippen LogP contribution in [0.25, 0.3) is 0 Å². The van der Waals surface area contributed by atoms with Crippen molar-refractivity contribution in [3.63, 3.8) is 0 Å². The van der Waals surface area contributed by atoms with Crippen molar-refractivity contribution in [2.45, 2.75) is 64.0 Å². The summed E-state index contributed by atoms with van der Waals surface area (Å²) in [4.78, 5) is 8.03. The molecule has 0 aliphatic heterocycles. The molecule has 0 atom stereocenters. The standard InChI is InChI=1S/C27H31F3N4O/c1-2-3-17-35-23-15-13-22(14-16-23)33-26-31-18-24(27(28,29)30)25(34-26)32-21-11-9-20(10-12-21)19-7-5-4-6-8-19/h9-16,18-19H,2-8,17H2,1H3,(H2,31,32,33,34). The molecule has 0 saturated heterocycles. The van der Waals surface area contributed by atoms with Crippen LogP contribution in [0.5, 0.6) is 5.75 Å². The number of alkyl halides is 3. The number of hydrogen-bond donors (Lipinski definition) is 2. The number of ether oxygens (including phenoxy) is 1. The first-order valence-corrected chi connectivity index (χ1v) is 12.2. The highest BCUT2D eigenvalue weighted by Gasteiger charge is 2.35. The number of unbranched alkanes of at least 4 members (excludes halogenated alkanes) is 1. The lowest BCUT2D eigenvalue weighted by atomic mass is 9.84. The number of halogens is 3. The highest BCUT2D eigenvalue weighted by atomic mass is 19.4. The number of anilines is 4. The van der Waals surface area contributed by atoms with Gasteiger partial charge in [0.2, 0.25) is 5.95 Å². The molecule has 0 spiro atoms. The molecule has 1 aromatic heterocycles. The van der Waals surface area contributed by atoms with Crippen LogP contribution in [0, 0.1) is 0 Å². The van der Waals surface area contributed by atoms with E-state index in [1.165, 1.54) is 24.8 Å². The summed E-state index contributed by atoms with van der Waals surface area (Å²) >= 11 is 0. The second kappa shape index (κ2) is 11.4. The number of benzene rings is 2. The first-order chi connectivity index (χ1) is 16.9. The normalized spacial score (nSPS) is 14.5. The molecule has 1 saturated carbocycles. The Balaban J connectivity index is 1.49. The lowest BCUT2D eigenvalue weighted by Crippen LogP contribution is -2.12. The Kier molecular flexibility index (Phi) is 8.10. The van der Waals surface area contributed by atoms with Crippen molar-refractivity contribution >= 4 is 23.1 Å². The third kappa shape index (κ3) is 6.87. The lowest BCUT2D eigenvalue weighted by Gasteiger charge is -2.22. The molecule has 8 heteroatoms. The van der Waals surface area contributed by atoms with Crippen molar-refractivity contribution in [2.24, 2.45) is 0 Å². The van der Waals surface area contributed by atoms with Gasteiger partial charge >= 0.3 is 6.18 Å². The first kappa shape index (κ1) is 24.8. The van der Waals surface area contributed by atoms with E-state index in [-0.39, 0.29) is 11.8 Å². The number of nitrogens with one attached hydrogen (secondary N) is 2. The van der Waals surface area contributed by atoms with E-state index in [0.717, 1.165) is 37.6 Å². The smallest absolute Gasteiger partial charge is 0.421 e. The Morgan fingerprint density at radius 1 is 0.914 bits per heavy atom. The van der Waals surface area contributed by atoms with Crippen LogP contribution in [0.1, 0.15) is 68.9 Å². The highest BCUT2D eigenvalue weighted by Crippen LogP contribution is 2.36. The second-order valence-electron chi connectivity index (χ2n) is 8.89. The van der Waals surface area contributed by atoms with Crippen molar-refractivity contribution in [1.82, 2.24) is 9.97 Å². The van der Waals surface area contributed by atoms with Crippen molar-refractivity contribution in [1.29, 1.82) is 0 Å². The second-order valence-corrected chi connectivity index (χ2v) is 8.89. The molecule has 1 heterocycles. The maximum absolute atomic E-state index is 13.6. The Bertz CT molecular complexity index is 1080. The summed E-state index contributed by atoms with van der Waals surface area (Å²) in [6.07, 6.45) is 4.30. The summed E-state index contributed by atoms with van der Waals surface area (Å²) in [6.45, 7) is 2.73. The molecule has 0 bridgehead atoms. The Hall–Kier alpha value is -3.29. The van der Waals surface area contributed by atoms with Crippen LogP contribution in [0.4, 0.5) is 36.3 Å². The van der Waals surface area contributed by atoms with Gasteiger partial charge in [-0.1, -0.05) is 44.7 Å². The maximum atomic E-state index is 13.6. The quantitative estimate of drug-likeness (QED) is 0.300. The fourth-order valence-corrected chi connectivity index (χ4v) is 4.25. The molecule has 1 aliphatic carbocycles. The van der Waals surface area contributed by atoms with Crippen LogP contribution in [0.3, 0.4) is 0 Å². The van der Waals surface area contributed by atoms with Crippen LogP contribution in [-0.2, 0) is 6.18 Å². The van der Waals surface area contributed by atoms with E-state index >= 15 is 0 Å². The van der Waals surface area contributed by atoms with Gasteiger partial charge in [-0.25, -0.2) is 4.98 Å². The monoisotopic (exact) mass is 484 g/mol. The molecule has 1 aliphatic rings. The van der Waals surface area contributed by atoms with Gasteiger partial charge in [0.05, 0.1) is 6.61 Å². The van der Waals surface area contributed by atoms with Crippen molar-refractivity contribution in [2.75, 3.05) is 17.2 Å². The Morgan fingerprint density at radius 3 is 2.23 bits per heavy atom. The Morgan fingerprint density at radius 2 is 1.57 bits per heavy atom. The third-order valence-corrected chi connectivity index (χ3v) is 6.22. The highest BCUT2D eigenvalue weighted by molar-refractivity contribution is 5.63. The summed E-state index contributed by atoms with van der Waals surface area (Å²) in [5, 5.41) is 5.81. The molecule has 0 amide bonds. The van der Waals surface area contributed by atoms with E-state index in [9.17, 15) is 13.2 Å². The van der Waals surface area contributed by atoms with Gasteiger partial charge in [-0.3, -0.25) is 0 Å². The first-order valence-electron chi connectivity index (χ1n) is 12.2. The SMILES string of the molecule is CCCCOc1ccc(Nc2ncc(C(F)(F)F)c(Nc3ccc(C4CCCCC4)cc3)n2)cc1. The minimum atomic E-state index is -4.58. The molecular formula is C27H31F3N4O. The summed E-state index contributed by atoms with van der Waals surface area (Å²) in [6, 6.07) is 14.8. The molecule has 186 valence electrons. The summed E-state index contributed by atoms with van der Waals surface area (Å²) in [7, 11) is 0. The minimum Gasteiger partial charge on any atom is -0.494 e. The predicted molar refractivity (Wildman–Crippen MR) is 133 cm³/mol. The van der Waals surface area contributed by atoms with Gasteiger partial charge in [-0.05, 0) is 67.1 Å². The summed E-state index contributed by atoms with van der Waals surface area (Å²) in [5.74, 6) is 1.04. The van der Waals surface area contributed by atoms with Crippen molar-refractivity contribution < 1.29 is 17.9 Å². The van der Waals surface area contributed by atoms with Gasteiger partial charge < -0.3 is 15.4 Å². The summed E-state index contributed by atoms with van der Waals surface area (Å²) in [5.41, 5.74) is 1.52. The van der Waals surface area contributed by atoms with E-state index in [2.05, 4.69) is 27.5 Å². The number of rotatable bonds is 9. The van der Waals surface area contributed by atoms with Gasteiger partial charge in [-0.2, -0.15) is 18.2 Å². The van der Waals surface area contributed by atoms with Gasteiger partial charge in [0.15, 0.2) is 0 Å². The molecule has 5 nitrogen and oxygen atoms in total. The molecule has 35 heavy (non-hydrogen) atoms. The zero-order valence-electron chi connectivity index (χ0n) is 19.9. The zero-order valence-corrected chi connectivity index (χ0v) is 19.9. The van der Waals surface area contributed by atoms with Crippen LogP contribution in [0.2, 0.25) is 0 Å². The number of aromatic nitrogens is 2. The molecule has 0 radical (unpaired) electrons. The van der Waals surface area contributed by atoms with Gasteiger partial charge in [-0.15, -0.1) is 0 Å². The largest absolute Gasteiger partial charge is 0.494 e. The van der Waals surface area contributed by atoms with Crippen LogP contribution in [-0.4, -0.2) is 16.6 Å². The molecule has 4 rings (SSSR count). The van der Waals surface area contributed by atoms with E-state index in [0.29, 0.717) is 23.9 Å². The van der Waals surface area contributed by atoms with E-state index in [1.54, 1.807) is 24.3 Å². The van der Waals surface area contributed by atoms with E-state index < -0.39 is 11.7 Å². The molecule has 2 aromatic carbocycles. The lowest BCUT2D eigenvalue weighted by molar-refractivity contribution is -0.137. The Labute approximate surface area is 204 Å². The van der Waals surface area contributed by atoms with E-state index in [1.807, 2.05) is 24.3 Å². The number of hydrogen-bond acceptors (Lipinski definition) is 5. The van der Waals surface area contributed by atoms with Gasteiger partial charge in [0.25, 0.3) is 0 Å². The van der Waals surface area contributed by atoms with Gasteiger partial charge in [0, 0.05) is 17.6 Å².